The van der Waals surface area contributed by atoms with Crippen molar-refractivity contribution >= 4 is 19.5 Å². The first-order valence-electron chi connectivity index (χ1n) is 12.5. The molecule has 3 aliphatic rings. The van der Waals surface area contributed by atoms with Gasteiger partial charge in [-0.05, 0) is 44.4 Å². The first-order chi connectivity index (χ1) is 17.8. The minimum absolute atomic E-state index is 0.0280. The van der Waals surface area contributed by atoms with Gasteiger partial charge in [0.15, 0.2) is 5.78 Å². The van der Waals surface area contributed by atoms with E-state index in [1.807, 2.05) is 30.3 Å². The first-order valence-corrected chi connectivity index (χ1v) is 14.1. The van der Waals surface area contributed by atoms with Gasteiger partial charge < -0.3 is 14.0 Å². The van der Waals surface area contributed by atoms with Crippen LogP contribution in [0.15, 0.2) is 60.7 Å². The SMILES string of the molecule is COC[C@@]1(COP(=O)(N[C@@H](C)C(=O)OCc2ccccc2)Oc2ccccc2)C(=O)[C@@H]2CCN1[C@@H](C)C2. The summed E-state index contributed by atoms with van der Waals surface area (Å²) in [5.74, 6) is -0.372. The third-order valence-electron chi connectivity index (χ3n) is 7.01. The van der Waals surface area contributed by atoms with Crippen LogP contribution in [0.25, 0.3) is 0 Å². The van der Waals surface area contributed by atoms with Crippen LogP contribution >= 0.6 is 7.75 Å². The Hall–Kier alpha value is -2.55. The Balaban J connectivity index is 1.51. The maximum atomic E-state index is 14.0. The number of fused-ring (bicyclic) bond motifs is 3. The number of carbonyl (C=O) groups excluding carboxylic acids is 2. The summed E-state index contributed by atoms with van der Waals surface area (Å²) in [4.78, 5) is 28.2. The Morgan fingerprint density at radius 3 is 2.46 bits per heavy atom. The summed E-state index contributed by atoms with van der Waals surface area (Å²) in [5.41, 5.74) is -0.248. The third-order valence-corrected chi connectivity index (χ3v) is 8.63. The lowest BCUT2D eigenvalue weighted by atomic mass is 9.71. The minimum atomic E-state index is -4.13. The van der Waals surface area contributed by atoms with Crippen molar-refractivity contribution in [1.82, 2.24) is 9.99 Å². The molecule has 9 nitrogen and oxygen atoms in total. The number of rotatable bonds is 12. The summed E-state index contributed by atoms with van der Waals surface area (Å²) in [6.45, 7) is 4.31. The number of carbonyl (C=O) groups is 2. The molecule has 10 heteroatoms. The van der Waals surface area contributed by atoms with E-state index >= 15 is 0 Å². The lowest BCUT2D eigenvalue weighted by Gasteiger charge is -2.55. The monoisotopic (exact) mass is 530 g/mol. The molecule has 37 heavy (non-hydrogen) atoms. The smallest absolute Gasteiger partial charge is 0.459 e. The number of para-hydroxylation sites is 1. The van der Waals surface area contributed by atoms with E-state index in [1.54, 1.807) is 30.3 Å². The standard InChI is InChI=1S/C27H35N2O7P/c1-20-16-23-14-15-29(20)27(18-33-3,25(23)30)19-35-37(32,36-24-12-8-5-9-13-24)28-21(2)26(31)34-17-22-10-6-4-7-11-22/h4-13,20-21,23H,14-19H2,1-3H3,(H,28,32)/t20-,21-,23+,27+,37?/m0/s1. The van der Waals surface area contributed by atoms with Gasteiger partial charge in [0.1, 0.15) is 23.9 Å². The van der Waals surface area contributed by atoms with Crippen molar-refractivity contribution in [3.05, 3.63) is 66.2 Å². The van der Waals surface area contributed by atoms with Crippen LogP contribution in [0.5, 0.6) is 5.75 Å². The highest BCUT2D eigenvalue weighted by molar-refractivity contribution is 7.52. The minimum Gasteiger partial charge on any atom is -0.460 e. The van der Waals surface area contributed by atoms with Crippen molar-refractivity contribution in [3.63, 3.8) is 0 Å². The molecule has 200 valence electrons. The second kappa shape index (κ2) is 11.9. The third kappa shape index (κ3) is 6.30. The van der Waals surface area contributed by atoms with Gasteiger partial charge in [-0.2, -0.15) is 5.09 Å². The number of ketones is 1. The zero-order chi connectivity index (χ0) is 26.5. The lowest BCUT2D eigenvalue weighted by molar-refractivity contribution is -0.163. The highest BCUT2D eigenvalue weighted by Crippen LogP contribution is 2.48. The van der Waals surface area contributed by atoms with Gasteiger partial charge in [0, 0.05) is 25.6 Å². The van der Waals surface area contributed by atoms with Crippen molar-refractivity contribution in [2.45, 2.75) is 50.9 Å². The van der Waals surface area contributed by atoms with Gasteiger partial charge in [-0.1, -0.05) is 48.5 Å². The van der Waals surface area contributed by atoms with Crippen LogP contribution in [0, 0.1) is 5.92 Å². The average Bonchev–Trinajstić information content (AvgIpc) is 2.90. The van der Waals surface area contributed by atoms with Crippen LogP contribution in [0.3, 0.4) is 0 Å². The van der Waals surface area contributed by atoms with Gasteiger partial charge in [0.25, 0.3) is 0 Å². The number of nitrogens with zero attached hydrogens (tertiary/aromatic N) is 1. The summed E-state index contributed by atoms with van der Waals surface area (Å²) < 4.78 is 36.6. The summed E-state index contributed by atoms with van der Waals surface area (Å²) in [5, 5.41) is 2.71. The largest absolute Gasteiger partial charge is 0.460 e. The first kappa shape index (κ1) is 27.5. The number of methoxy groups -OCH3 is 1. The van der Waals surface area contributed by atoms with Gasteiger partial charge >= 0.3 is 13.7 Å². The van der Waals surface area contributed by atoms with E-state index in [1.165, 1.54) is 14.0 Å². The molecule has 0 spiro atoms. The molecule has 0 aliphatic carbocycles. The molecule has 5 rings (SSSR count). The maximum Gasteiger partial charge on any atom is 0.459 e. The second-order valence-corrected chi connectivity index (χ2v) is 11.4. The van der Waals surface area contributed by atoms with Crippen LogP contribution in [0.1, 0.15) is 32.3 Å². The van der Waals surface area contributed by atoms with Crippen molar-refractivity contribution in [3.8, 4) is 5.75 Å². The highest BCUT2D eigenvalue weighted by atomic mass is 31.2. The lowest BCUT2D eigenvalue weighted by Crippen LogP contribution is -2.71. The van der Waals surface area contributed by atoms with E-state index < -0.39 is 25.3 Å². The molecular formula is C27H35N2O7P. The zero-order valence-electron chi connectivity index (χ0n) is 21.5. The molecule has 3 heterocycles. The molecule has 0 aromatic heterocycles. The Kier molecular flexibility index (Phi) is 8.82. The van der Waals surface area contributed by atoms with Crippen LogP contribution in [-0.4, -0.2) is 61.1 Å². The van der Waals surface area contributed by atoms with Crippen molar-refractivity contribution in [1.29, 1.82) is 0 Å². The maximum absolute atomic E-state index is 14.0. The molecule has 2 aromatic carbocycles. The fourth-order valence-electron chi connectivity index (χ4n) is 5.20. The molecule has 3 fully saturated rings. The highest BCUT2D eigenvalue weighted by Gasteiger charge is 2.56. The predicted octanol–water partition coefficient (Wildman–Crippen LogP) is 3.98. The fourth-order valence-corrected chi connectivity index (χ4v) is 6.74. The van der Waals surface area contributed by atoms with E-state index in [0.717, 1.165) is 24.9 Å². The molecule has 6 atom stereocenters. The molecule has 2 unspecified atom stereocenters. The number of esters is 1. The fraction of sp³-hybridized carbons (Fsp3) is 0.481. The normalized spacial score (nSPS) is 27.3. The van der Waals surface area contributed by atoms with Gasteiger partial charge in [0.05, 0.1) is 13.2 Å². The van der Waals surface area contributed by atoms with Gasteiger partial charge in [-0.15, -0.1) is 0 Å². The van der Waals surface area contributed by atoms with E-state index in [4.69, 9.17) is 18.5 Å². The van der Waals surface area contributed by atoms with E-state index in [0.29, 0.717) is 5.75 Å². The molecule has 2 aromatic rings. The Morgan fingerprint density at radius 2 is 1.81 bits per heavy atom. The molecule has 2 bridgehead atoms. The van der Waals surface area contributed by atoms with E-state index in [-0.39, 0.29) is 37.6 Å². The molecule has 3 saturated heterocycles. The van der Waals surface area contributed by atoms with Crippen molar-refractivity contribution < 1.29 is 32.7 Å². The molecule has 0 saturated carbocycles. The topological polar surface area (TPSA) is 103 Å². The molecule has 1 N–H and O–H groups in total. The number of benzene rings is 2. The molecule has 0 amide bonds. The van der Waals surface area contributed by atoms with Gasteiger partial charge in [-0.3, -0.25) is 19.0 Å². The summed E-state index contributed by atoms with van der Waals surface area (Å²) in [6.07, 6.45) is 1.57. The number of hydrogen-bond acceptors (Lipinski definition) is 8. The zero-order valence-corrected chi connectivity index (χ0v) is 22.4. The van der Waals surface area contributed by atoms with Gasteiger partial charge in [0.2, 0.25) is 0 Å². The van der Waals surface area contributed by atoms with Crippen LogP contribution < -0.4 is 9.61 Å². The Labute approximate surface area is 218 Å². The molecule has 3 aliphatic heterocycles. The summed E-state index contributed by atoms with van der Waals surface area (Å²) >= 11 is 0. The summed E-state index contributed by atoms with van der Waals surface area (Å²) in [7, 11) is -2.60. The van der Waals surface area contributed by atoms with Crippen molar-refractivity contribution in [2.24, 2.45) is 5.92 Å². The number of hydrogen-bond donors (Lipinski definition) is 1. The van der Waals surface area contributed by atoms with Crippen LogP contribution in [-0.2, 0) is 34.8 Å². The Morgan fingerprint density at radius 1 is 1.14 bits per heavy atom. The van der Waals surface area contributed by atoms with Crippen LogP contribution in [0.4, 0.5) is 0 Å². The van der Waals surface area contributed by atoms with E-state index in [9.17, 15) is 14.2 Å². The number of nitrogens with one attached hydrogen (secondary N) is 1. The molecular weight excluding hydrogens is 495 g/mol. The second-order valence-electron chi connectivity index (χ2n) is 9.71. The number of Topliss-reactive ketones (excluding diaryl/α,β-unsaturated/α-hetero) is 1. The van der Waals surface area contributed by atoms with Crippen molar-refractivity contribution in [2.75, 3.05) is 26.9 Å². The van der Waals surface area contributed by atoms with Crippen LogP contribution in [0.2, 0.25) is 0 Å². The van der Waals surface area contributed by atoms with Gasteiger partial charge in [-0.25, -0.2) is 4.57 Å². The summed E-state index contributed by atoms with van der Waals surface area (Å²) in [6, 6.07) is 17.0. The van der Waals surface area contributed by atoms with E-state index in [2.05, 4.69) is 16.9 Å². The quantitative estimate of drug-likeness (QED) is 0.322. The predicted molar refractivity (Wildman–Crippen MR) is 138 cm³/mol. The average molecular weight is 531 g/mol. The molecule has 0 radical (unpaired) electrons. The number of piperidine rings is 3. The Bertz CT molecular complexity index is 1120. The number of ether oxygens (including phenoxy) is 2.